The van der Waals surface area contributed by atoms with Gasteiger partial charge in [-0.2, -0.15) is 0 Å². The van der Waals surface area contributed by atoms with Gasteiger partial charge in [0.1, 0.15) is 5.82 Å². The molecule has 5 nitrogen and oxygen atoms in total. The van der Waals surface area contributed by atoms with Crippen molar-refractivity contribution in [3.8, 4) is 0 Å². The molecule has 1 aromatic carbocycles. The van der Waals surface area contributed by atoms with Crippen LogP contribution in [0.5, 0.6) is 0 Å². The number of hydrogen-bond donors (Lipinski definition) is 1. The third-order valence-electron chi connectivity index (χ3n) is 3.52. The zero-order valence-electron chi connectivity index (χ0n) is 12.3. The van der Waals surface area contributed by atoms with E-state index in [1.165, 1.54) is 6.07 Å². The molecule has 0 saturated carbocycles. The van der Waals surface area contributed by atoms with Gasteiger partial charge in [-0.25, -0.2) is 4.98 Å². The molecule has 0 spiro atoms. The molecule has 7 heteroatoms. The van der Waals surface area contributed by atoms with Crippen LogP contribution in [0.4, 0.5) is 11.5 Å². The highest BCUT2D eigenvalue weighted by Gasteiger charge is 2.13. The van der Waals surface area contributed by atoms with Gasteiger partial charge in [-0.1, -0.05) is 23.2 Å². The van der Waals surface area contributed by atoms with E-state index in [1.54, 1.807) is 18.3 Å². The second-order valence-corrected chi connectivity index (χ2v) is 5.90. The van der Waals surface area contributed by atoms with Gasteiger partial charge in [0.05, 0.1) is 35.1 Å². The van der Waals surface area contributed by atoms with Crippen LogP contribution in [0.2, 0.25) is 10.0 Å². The predicted octanol–water partition coefficient (Wildman–Crippen LogP) is 3.48. The standard InChI is InChI=1S/C16H15Cl2N3O2/c17-13-3-1-11(9-14(13)18)16(22)20-12-2-4-15(19-10-12)21-5-7-23-8-6-21/h1-4,9-10H,5-8H2,(H,20,22). The quantitative estimate of drug-likeness (QED) is 0.919. The fourth-order valence-corrected chi connectivity index (χ4v) is 2.58. The van der Waals surface area contributed by atoms with Gasteiger partial charge in [-0.3, -0.25) is 4.79 Å². The average Bonchev–Trinajstić information content (AvgIpc) is 2.59. The first-order valence-electron chi connectivity index (χ1n) is 7.18. The van der Waals surface area contributed by atoms with Gasteiger partial charge in [0.15, 0.2) is 0 Å². The number of pyridine rings is 1. The lowest BCUT2D eigenvalue weighted by molar-refractivity contribution is 0.102. The lowest BCUT2D eigenvalue weighted by Gasteiger charge is -2.27. The minimum atomic E-state index is -0.260. The Labute approximate surface area is 144 Å². The summed E-state index contributed by atoms with van der Waals surface area (Å²) in [5.74, 6) is 0.616. The van der Waals surface area contributed by atoms with Gasteiger partial charge in [0.2, 0.25) is 0 Å². The average molecular weight is 352 g/mol. The van der Waals surface area contributed by atoms with Crippen LogP contribution < -0.4 is 10.2 Å². The summed E-state index contributed by atoms with van der Waals surface area (Å²) in [5, 5.41) is 3.55. The summed E-state index contributed by atoms with van der Waals surface area (Å²) in [6.45, 7) is 3.05. The minimum Gasteiger partial charge on any atom is -0.378 e. The molecular formula is C16H15Cl2N3O2. The van der Waals surface area contributed by atoms with Gasteiger partial charge in [0, 0.05) is 18.7 Å². The number of amides is 1. The second-order valence-electron chi connectivity index (χ2n) is 5.09. The summed E-state index contributed by atoms with van der Waals surface area (Å²) in [6.07, 6.45) is 1.64. The van der Waals surface area contributed by atoms with Crippen molar-refractivity contribution >= 4 is 40.6 Å². The normalized spacial score (nSPS) is 14.6. The van der Waals surface area contributed by atoms with Crippen LogP contribution >= 0.6 is 23.2 Å². The lowest BCUT2D eigenvalue weighted by atomic mass is 10.2. The highest BCUT2D eigenvalue weighted by molar-refractivity contribution is 6.42. The van der Waals surface area contributed by atoms with Crippen molar-refractivity contribution in [2.45, 2.75) is 0 Å². The van der Waals surface area contributed by atoms with Crippen LogP contribution in [0.25, 0.3) is 0 Å². The summed E-state index contributed by atoms with van der Waals surface area (Å²) in [4.78, 5) is 18.7. The van der Waals surface area contributed by atoms with E-state index in [4.69, 9.17) is 27.9 Å². The molecule has 0 bridgehead atoms. The number of halogens is 2. The molecule has 23 heavy (non-hydrogen) atoms. The number of hydrogen-bond acceptors (Lipinski definition) is 4. The maximum absolute atomic E-state index is 12.2. The van der Waals surface area contributed by atoms with Crippen molar-refractivity contribution < 1.29 is 9.53 Å². The van der Waals surface area contributed by atoms with E-state index in [0.29, 0.717) is 34.5 Å². The second kappa shape index (κ2) is 7.17. The number of aromatic nitrogens is 1. The molecule has 1 saturated heterocycles. The van der Waals surface area contributed by atoms with Gasteiger partial charge in [-0.05, 0) is 30.3 Å². The number of anilines is 2. The number of rotatable bonds is 3. The van der Waals surface area contributed by atoms with Gasteiger partial charge in [-0.15, -0.1) is 0 Å². The number of morpholine rings is 1. The van der Waals surface area contributed by atoms with Crippen molar-refractivity contribution in [3.63, 3.8) is 0 Å². The largest absolute Gasteiger partial charge is 0.378 e. The van der Waals surface area contributed by atoms with E-state index < -0.39 is 0 Å². The molecule has 2 aromatic rings. The molecule has 1 aliphatic rings. The Morgan fingerprint density at radius 3 is 2.57 bits per heavy atom. The number of nitrogens with zero attached hydrogens (tertiary/aromatic N) is 2. The number of nitrogens with one attached hydrogen (secondary N) is 1. The van der Waals surface area contributed by atoms with Crippen LogP contribution in [0, 0.1) is 0 Å². The van der Waals surface area contributed by atoms with E-state index >= 15 is 0 Å². The van der Waals surface area contributed by atoms with E-state index in [2.05, 4.69) is 15.2 Å². The van der Waals surface area contributed by atoms with Crippen molar-refractivity contribution in [2.24, 2.45) is 0 Å². The monoisotopic (exact) mass is 351 g/mol. The molecule has 0 aliphatic carbocycles. The zero-order chi connectivity index (χ0) is 16.2. The van der Waals surface area contributed by atoms with E-state index in [0.717, 1.165) is 18.9 Å². The molecule has 1 amide bonds. The SMILES string of the molecule is O=C(Nc1ccc(N2CCOCC2)nc1)c1ccc(Cl)c(Cl)c1. The molecule has 1 fully saturated rings. The number of carbonyl (C=O) groups excluding carboxylic acids is 1. The molecule has 3 rings (SSSR count). The summed E-state index contributed by atoms with van der Waals surface area (Å²) < 4.78 is 5.32. The first-order valence-corrected chi connectivity index (χ1v) is 7.94. The van der Waals surface area contributed by atoms with Crippen LogP contribution in [-0.2, 0) is 4.74 Å². The van der Waals surface area contributed by atoms with Crippen LogP contribution in [0.1, 0.15) is 10.4 Å². The summed E-state index contributed by atoms with van der Waals surface area (Å²) in [5.41, 5.74) is 1.06. The van der Waals surface area contributed by atoms with Crippen molar-refractivity contribution in [1.82, 2.24) is 4.98 Å². The third-order valence-corrected chi connectivity index (χ3v) is 4.26. The Hall–Kier alpha value is -1.82. The summed E-state index contributed by atoms with van der Waals surface area (Å²) in [6, 6.07) is 8.47. The number of carbonyl (C=O) groups is 1. The predicted molar refractivity (Wildman–Crippen MR) is 91.7 cm³/mol. The molecule has 1 N–H and O–H groups in total. The van der Waals surface area contributed by atoms with Crippen LogP contribution in [0.3, 0.4) is 0 Å². The maximum Gasteiger partial charge on any atom is 0.255 e. The Bertz CT molecular complexity index is 701. The molecule has 1 aliphatic heterocycles. The molecule has 2 heterocycles. The van der Waals surface area contributed by atoms with Gasteiger partial charge >= 0.3 is 0 Å². The Balaban J connectivity index is 1.67. The van der Waals surface area contributed by atoms with Crippen LogP contribution in [0.15, 0.2) is 36.5 Å². The molecule has 1 aromatic heterocycles. The molecule has 0 atom stereocenters. The first-order chi connectivity index (χ1) is 11.1. The highest BCUT2D eigenvalue weighted by atomic mass is 35.5. The van der Waals surface area contributed by atoms with Crippen molar-refractivity contribution in [3.05, 3.63) is 52.1 Å². The first kappa shape index (κ1) is 16.1. The fourth-order valence-electron chi connectivity index (χ4n) is 2.28. The molecule has 0 unspecified atom stereocenters. The Morgan fingerprint density at radius 1 is 1.13 bits per heavy atom. The maximum atomic E-state index is 12.2. The van der Waals surface area contributed by atoms with E-state index in [-0.39, 0.29) is 5.91 Å². The topological polar surface area (TPSA) is 54.5 Å². The number of benzene rings is 1. The van der Waals surface area contributed by atoms with E-state index in [9.17, 15) is 4.79 Å². The fraction of sp³-hybridized carbons (Fsp3) is 0.250. The molecule has 0 radical (unpaired) electrons. The Kier molecular flexibility index (Phi) is 5.00. The lowest BCUT2D eigenvalue weighted by Crippen LogP contribution is -2.36. The van der Waals surface area contributed by atoms with Crippen molar-refractivity contribution in [1.29, 1.82) is 0 Å². The highest BCUT2D eigenvalue weighted by Crippen LogP contribution is 2.23. The van der Waals surface area contributed by atoms with Gasteiger partial charge < -0.3 is 15.0 Å². The third kappa shape index (κ3) is 3.93. The summed E-state index contributed by atoms with van der Waals surface area (Å²) >= 11 is 11.8. The van der Waals surface area contributed by atoms with Crippen molar-refractivity contribution in [2.75, 3.05) is 36.5 Å². The zero-order valence-corrected chi connectivity index (χ0v) is 13.8. The molecule has 120 valence electrons. The van der Waals surface area contributed by atoms with E-state index in [1.807, 2.05) is 12.1 Å². The minimum absolute atomic E-state index is 0.260. The van der Waals surface area contributed by atoms with Gasteiger partial charge in [0.25, 0.3) is 5.91 Å². The smallest absolute Gasteiger partial charge is 0.255 e. The Morgan fingerprint density at radius 2 is 1.91 bits per heavy atom. The number of ether oxygens (including phenoxy) is 1. The van der Waals surface area contributed by atoms with Crippen LogP contribution in [-0.4, -0.2) is 37.2 Å². The molecular weight excluding hydrogens is 337 g/mol. The summed E-state index contributed by atoms with van der Waals surface area (Å²) in [7, 11) is 0.